The third-order valence-corrected chi connectivity index (χ3v) is 4.00. The van der Waals surface area contributed by atoms with E-state index in [-0.39, 0.29) is 18.0 Å². The first-order valence-electron chi connectivity index (χ1n) is 7.53. The molecule has 2 unspecified atom stereocenters. The van der Waals surface area contributed by atoms with Crippen molar-refractivity contribution in [3.63, 3.8) is 0 Å². The molecule has 1 saturated heterocycles. The predicted octanol–water partition coefficient (Wildman–Crippen LogP) is 2.95. The molecule has 20 heavy (non-hydrogen) atoms. The second-order valence-electron chi connectivity index (χ2n) is 6.09. The minimum Gasteiger partial charge on any atom is -0.466 e. The summed E-state index contributed by atoms with van der Waals surface area (Å²) in [5.74, 6) is 2.04. The highest BCUT2D eigenvalue weighted by molar-refractivity contribution is 5.83. The van der Waals surface area contributed by atoms with Crippen LogP contribution in [0.5, 0.6) is 0 Å². The average Bonchev–Trinajstić information content (AvgIpc) is 2.70. The van der Waals surface area contributed by atoms with Crippen LogP contribution in [-0.4, -0.2) is 29.4 Å². The fourth-order valence-corrected chi connectivity index (χ4v) is 3.07. The summed E-state index contributed by atoms with van der Waals surface area (Å²) in [5, 5.41) is 3.37. The molecule has 0 aliphatic carbocycles. The van der Waals surface area contributed by atoms with Crippen LogP contribution in [-0.2, 0) is 4.79 Å². The molecule has 0 radical (unpaired) electrons. The largest absolute Gasteiger partial charge is 0.466 e. The zero-order valence-corrected chi connectivity index (χ0v) is 13.2. The molecule has 1 aliphatic rings. The van der Waals surface area contributed by atoms with Gasteiger partial charge in [0.15, 0.2) is 0 Å². The molecule has 1 aromatic heterocycles. The molecule has 2 atom stereocenters. The maximum Gasteiger partial charge on any atom is 0.240 e. The summed E-state index contributed by atoms with van der Waals surface area (Å²) in [4.78, 5) is 14.6. The van der Waals surface area contributed by atoms with E-state index in [0.29, 0.717) is 6.04 Å². The lowest BCUT2D eigenvalue weighted by atomic mass is 9.99. The summed E-state index contributed by atoms with van der Waals surface area (Å²) in [6.07, 6.45) is 1.99. The van der Waals surface area contributed by atoms with E-state index in [2.05, 4.69) is 26.1 Å². The first-order chi connectivity index (χ1) is 9.40. The van der Waals surface area contributed by atoms with Crippen molar-refractivity contribution in [3.8, 4) is 0 Å². The van der Waals surface area contributed by atoms with Crippen molar-refractivity contribution in [2.75, 3.05) is 6.54 Å². The molecule has 2 heterocycles. The molecule has 1 aromatic rings. The molecule has 1 aliphatic heterocycles. The Hall–Kier alpha value is -1.29. The van der Waals surface area contributed by atoms with Gasteiger partial charge < -0.3 is 14.6 Å². The second kappa shape index (κ2) is 6.00. The highest BCUT2D eigenvalue weighted by Crippen LogP contribution is 2.29. The fraction of sp³-hybridized carbons (Fsp3) is 0.688. The molecule has 1 fully saturated rings. The molecule has 2 rings (SSSR count). The van der Waals surface area contributed by atoms with Crippen LogP contribution in [0.4, 0.5) is 0 Å². The lowest BCUT2D eigenvalue weighted by molar-refractivity contribution is -0.138. The van der Waals surface area contributed by atoms with Crippen molar-refractivity contribution in [1.82, 2.24) is 10.2 Å². The van der Waals surface area contributed by atoms with Crippen LogP contribution in [0.15, 0.2) is 10.5 Å². The van der Waals surface area contributed by atoms with Gasteiger partial charge in [0.2, 0.25) is 5.91 Å². The molecule has 4 heteroatoms. The number of aryl methyl sites for hydroxylation is 2. The Kier molecular flexibility index (Phi) is 4.53. The van der Waals surface area contributed by atoms with Gasteiger partial charge >= 0.3 is 0 Å². The van der Waals surface area contributed by atoms with E-state index in [1.54, 1.807) is 0 Å². The van der Waals surface area contributed by atoms with Crippen molar-refractivity contribution in [3.05, 3.63) is 23.2 Å². The summed E-state index contributed by atoms with van der Waals surface area (Å²) in [5.41, 5.74) is 1.13. The van der Waals surface area contributed by atoms with Crippen LogP contribution in [0, 0.1) is 13.8 Å². The number of rotatable bonds is 4. The molecule has 0 bridgehead atoms. The Morgan fingerprint density at radius 1 is 1.35 bits per heavy atom. The van der Waals surface area contributed by atoms with Gasteiger partial charge in [0.05, 0.1) is 12.1 Å². The molecular weight excluding hydrogens is 252 g/mol. The van der Waals surface area contributed by atoms with Crippen LogP contribution in [0.25, 0.3) is 0 Å². The Morgan fingerprint density at radius 2 is 2.05 bits per heavy atom. The van der Waals surface area contributed by atoms with E-state index in [1.807, 2.05) is 24.8 Å². The number of carbonyl (C=O) groups is 1. The van der Waals surface area contributed by atoms with Gasteiger partial charge in [-0.1, -0.05) is 13.8 Å². The number of furan rings is 1. The Bertz CT molecular complexity index is 479. The normalized spacial score (nSPS) is 21.6. The Balaban J connectivity index is 2.15. The average molecular weight is 278 g/mol. The summed E-state index contributed by atoms with van der Waals surface area (Å²) in [6, 6.07) is 2.42. The van der Waals surface area contributed by atoms with Crippen molar-refractivity contribution < 1.29 is 9.21 Å². The first kappa shape index (κ1) is 15.1. The highest BCUT2D eigenvalue weighted by Gasteiger charge is 2.33. The number of amides is 1. The lowest BCUT2D eigenvalue weighted by Crippen LogP contribution is -2.52. The predicted molar refractivity (Wildman–Crippen MR) is 79.6 cm³/mol. The smallest absolute Gasteiger partial charge is 0.240 e. The molecular formula is C16H26N2O2. The molecule has 1 N–H and O–H groups in total. The molecule has 0 spiro atoms. The number of hydrogen-bond acceptors (Lipinski definition) is 3. The van der Waals surface area contributed by atoms with E-state index >= 15 is 0 Å². The molecule has 0 aromatic carbocycles. The summed E-state index contributed by atoms with van der Waals surface area (Å²) in [7, 11) is 0. The van der Waals surface area contributed by atoms with Gasteiger partial charge in [-0.05, 0) is 39.7 Å². The first-order valence-corrected chi connectivity index (χ1v) is 7.53. The van der Waals surface area contributed by atoms with Crippen molar-refractivity contribution in [1.29, 1.82) is 0 Å². The van der Waals surface area contributed by atoms with Crippen LogP contribution in [0.1, 0.15) is 56.7 Å². The quantitative estimate of drug-likeness (QED) is 0.921. The molecule has 4 nitrogen and oxygen atoms in total. The van der Waals surface area contributed by atoms with Gasteiger partial charge in [-0.2, -0.15) is 0 Å². The summed E-state index contributed by atoms with van der Waals surface area (Å²) in [6.45, 7) is 11.0. The number of nitrogens with zero attached hydrogens (tertiary/aromatic N) is 1. The van der Waals surface area contributed by atoms with Crippen molar-refractivity contribution >= 4 is 5.91 Å². The van der Waals surface area contributed by atoms with Gasteiger partial charge in [-0.15, -0.1) is 0 Å². The maximum absolute atomic E-state index is 12.6. The van der Waals surface area contributed by atoms with E-state index in [1.165, 1.54) is 0 Å². The Morgan fingerprint density at radius 3 is 2.60 bits per heavy atom. The van der Waals surface area contributed by atoms with Crippen LogP contribution < -0.4 is 5.32 Å². The minimum absolute atomic E-state index is 0.0421. The maximum atomic E-state index is 12.6. The third kappa shape index (κ3) is 3.06. The van der Waals surface area contributed by atoms with Gasteiger partial charge in [-0.25, -0.2) is 0 Å². The van der Waals surface area contributed by atoms with E-state index in [4.69, 9.17) is 4.42 Å². The highest BCUT2D eigenvalue weighted by atomic mass is 16.3. The van der Waals surface area contributed by atoms with Gasteiger partial charge in [-0.3, -0.25) is 4.79 Å². The lowest BCUT2D eigenvalue weighted by Gasteiger charge is -2.37. The molecule has 1 amide bonds. The van der Waals surface area contributed by atoms with Gasteiger partial charge in [0.1, 0.15) is 11.5 Å². The standard InChI is InChI=1S/C16H26N2O2/c1-10(2)17-15-7-6-8-18(16(15)19)12(4)14-9-11(3)20-13(14)5/h9-10,12,15,17H,6-8H2,1-5H3. The fourth-order valence-electron chi connectivity index (χ4n) is 3.07. The van der Waals surface area contributed by atoms with E-state index in [0.717, 1.165) is 36.5 Å². The summed E-state index contributed by atoms with van der Waals surface area (Å²) >= 11 is 0. The monoisotopic (exact) mass is 278 g/mol. The molecule has 112 valence electrons. The van der Waals surface area contributed by atoms with Crippen LogP contribution in [0.3, 0.4) is 0 Å². The molecule has 0 saturated carbocycles. The zero-order chi connectivity index (χ0) is 14.9. The van der Waals surface area contributed by atoms with E-state index in [9.17, 15) is 4.79 Å². The topological polar surface area (TPSA) is 45.5 Å². The number of nitrogens with one attached hydrogen (secondary N) is 1. The van der Waals surface area contributed by atoms with Gasteiger partial charge in [0.25, 0.3) is 0 Å². The summed E-state index contributed by atoms with van der Waals surface area (Å²) < 4.78 is 5.60. The second-order valence-corrected chi connectivity index (χ2v) is 6.09. The third-order valence-electron chi connectivity index (χ3n) is 4.00. The zero-order valence-electron chi connectivity index (χ0n) is 13.2. The minimum atomic E-state index is -0.0421. The number of piperidine rings is 1. The van der Waals surface area contributed by atoms with Crippen LogP contribution >= 0.6 is 0 Å². The number of carbonyl (C=O) groups excluding carboxylic acids is 1. The van der Waals surface area contributed by atoms with Gasteiger partial charge in [0, 0.05) is 18.2 Å². The van der Waals surface area contributed by atoms with Crippen molar-refractivity contribution in [2.45, 2.75) is 65.6 Å². The van der Waals surface area contributed by atoms with Crippen LogP contribution in [0.2, 0.25) is 0 Å². The number of hydrogen-bond donors (Lipinski definition) is 1. The Labute approximate surface area is 121 Å². The van der Waals surface area contributed by atoms with Crippen molar-refractivity contribution in [2.24, 2.45) is 0 Å². The van der Waals surface area contributed by atoms with E-state index < -0.39 is 0 Å². The SMILES string of the molecule is Cc1cc(C(C)N2CCCC(NC(C)C)C2=O)c(C)o1. The number of likely N-dealkylation sites (tertiary alicyclic amines) is 1.